The minimum atomic E-state index is -1.58. The normalized spacial score (nSPS) is 22.5. The SMILES string of the molecule is COc1cc(OC)c(OC)cc1CC1(CN2C[C@H]3C[C@H](C2)c2cccc(=O)n2C3)C(=O)N(C)C(=O)N(C)C1=O. The molecule has 1 aromatic heterocycles. The zero-order valence-electron chi connectivity index (χ0n) is 22.9. The van der Waals surface area contributed by atoms with E-state index in [2.05, 4.69) is 4.90 Å². The molecule has 3 aliphatic rings. The van der Waals surface area contributed by atoms with Crippen LogP contribution in [-0.2, 0) is 22.6 Å². The third kappa shape index (κ3) is 4.34. The van der Waals surface area contributed by atoms with Crippen LogP contribution in [0, 0.1) is 11.3 Å². The van der Waals surface area contributed by atoms with E-state index in [9.17, 15) is 19.2 Å². The molecule has 11 heteroatoms. The van der Waals surface area contributed by atoms with Crippen molar-refractivity contribution >= 4 is 17.8 Å². The van der Waals surface area contributed by atoms with Crippen LogP contribution in [0.1, 0.15) is 23.6 Å². The third-order valence-electron chi connectivity index (χ3n) is 8.33. The Balaban J connectivity index is 1.56. The fourth-order valence-electron chi connectivity index (χ4n) is 6.54. The molecule has 0 unspecified atom stereocenters. The summed E-state index contributed by atoms with van der Waals surface area (Å²) in [7, 11) is 7.34. The minimum absolute atomic E-state index is 0.00195. The van der Waals surface area contributed by atoms with E-state index in [0.29, 0.717) is 42.4 Å². The lowest BCUT2D eigenvalue weighted by Gasteiger charge is -2.48. The van der Waals surface area contributed by atoms with Gasteiger partial charge in [0.2, 0.25) is 11.8 Å². The van der Waals surface area contributed by atoms with E-state index in [4.69, 9.17) is 14.2 Å². The maximum atomic E-state index is 13.9. The Kier molecular flexibility index (Phi) is 6.88. The van der Waals surface area contributed by atoms with Gasteiger partial charge in [-0.3, -0.25) is 24.2 Å². The number of methoxy groups -OCH3 is 3. The van der Waals surface area contributed by atoms with Gasteiger partial charge < -0.3 is 23.7 Å². The average Bonchev–Trinajstić information content (AvgIpc) is 2.94. The smallest absolute Gasteiger partial charge is 0.332 e. The summed E-state index contributed by atoms with van der Waals surface area (Å²) in [6.45, 7) is 1.93. The lowest BCUT2D eigenvalue weighted by atomic mass is 9.75. The van der Waals surface area contributed by atoms with Gasteiger partial charge in [0, 0.05) is 70.4 Å². The molecule has 2 aromatic rings. The Morgan fingerprint density at radius 2 is 1.49 bits per heavy atom. The number of pyridine rings is 1. The van der Waals surface area contributed by atoms with E-state index in [1.807, 2.05) is 10.6 Å². The van der Waals surface area contributed by atoms with Gasteiger partial charge in [-0.25, -0.2) is 4.79 Å². The van der Waals surface area contributed by atoms with E-state index < -0.39 is 23.3 Å². The number of ether oxygens (including phenoxy) is 3. The van der Waals surface area contributed by atoms with Gasteiger partial charge in [-0.1, -0.05) is 6.07 Å². The van der Waals surface area contributed by atoms with Gasteiger partial charge in [0.15, 0.2) is 11.5 Å². The Morgan fingerprint density at radius 1 is 0.846 bits per heavy atom. The number of nitrogens with zero attached hydrogens (tertiary/aromatic N) is 4. The Bertz CT molecular complexity index is 1360. The van der Waals surface area contributed by atoms with Crippen LogP contribution in [0.15, 0.2) is 35.1 Å². The molecule has 3 aliphatic heterocycles. The van der Waals surface area contributed by atoms with E-state index >= 15 is 0 Å². The molecule has 2 atom stereocenters. The molecule has 0 aliphatic carbocycles. The van der Waals surface area contributed by atoms with Crippen molar-refractivity contribution < 1.29 is 28.6 Å². The van der Waals surface area contributed by atoms with Crippen LogP contribution in [0.2, 0.25) is 0 Å². The summed E-state index contributed by atoms with van der Waals surface area (Å²) in [6, 6.07) is 8.05. The maximum absolute atomic E-state index is 13.9. The molecular formula is C28H34N4O7. The van der Waals surface area contributed by atoms with Crippen LogP contribution in [0.4, 0.5) is 4.79 Å². The van der Waals surface area contributed by atoms with Gasteiger partial charge in [-0.05, 0) is 30.0 Å². The number of urea groups is 1. The van der Waals surface area contributed by atoms with Gasteiger partial charge in [0.1, 0.15) is 11.2 Å². The predicted octanol–water partition coefficient (Wildman–Crippen LogP) is 1.57. The quantitative estimate of drug-likeness (QED) is 0.489. The summed E-state index contributed by atoms with van der Waals surface area (Å²) >= 11 is 0. The fourth-order valence-corrected chi connectivity index (χ4v) is 6.54. The Morgan fingerprint density at radius 3 is 2.13 bits per heavy atom. The second kappa shape index (κ2) is 10.0. The van der Waals surface area contributed by atoms with Crippen molar-refractivity contribution in [1.82, 2.24) is 19.3 Å². The van der Waals surface area contributed by atoms with Crippen molar-refractivity contribution in [3.63, 3.8) is 0 Å². The molecule has 2 saturated heterocycles. The zero-order chi connectivity index (χ0) is 28.1. The van der Waals surface area contributed by atoms with Crippen molar-refractivity contribution in [1.29, 1.82) is 0 Å². The van der Waals surface area contributed by atoms with Crippen molar-refractivity contribution in [2.24, 2.45) is 11.3 Å². The Labute approximate surface area is 226 Å². The molecule has 2 fully saturated rings. The van der Waals surface area contributed by atoms with Crippen molar-refractivity contribution in [2.75, 3.05) is 55.1 Å². The van der Waals surface area contributed by atoms with Crippen LogP contribution >= 0.6 is 0 Å². The van der Waals surface area contributed by atoms with Gasteiger partial charge in [0.25, 0.3) is 5.56 Å². The van der Waals surface area contributed by atoms with Crippen LogP contribution in [-0.4, -0.2) is 92.2 Å². The highest BCUT2D eigenvalue weighted by atomic mass is 16.5. The van der Waals surface area contributed by atoms with E-state index in [0.717, 1.165) is 21.9 Å². The van der Waals surface area contributed by atoms with Crippen LogP contribution in [0.25, 0.3) is 0 Å². The molecule has 4 amide bonds. The lowest BCUT2D eigenvalue weighted by molar-refractivity contribution is -0.159. The summed E-state index contributed by atoms with van der Waals surface area (Å²) in [6.07, 6.45) is 0.939. The van der Waals surface area contributed by atoms with Gasteiger partial charge in [-0.2, -0.15) is 0 Å². The number of benzene rings is 1. The van der Waals surface area contributed by atoms with Gasteiger partial charge in [-0.15, -0.1) is 0 Å². The lowest BCUT2D eigenvalue weighted by Crippen LogP contribution is -2.67. The van der Waals surface area contributed by atoms with Crippen molar-refractivity contribution in [3.05, 3.63) is 51.9 Å². The largest absolute Gasteiger partial charge is 0.496 e. The highest BCUT2D eigenvalue weighted by Crippen LogP contribution is 2.42. The Hall–Kier alpha value is -3.86. The maximum Gasteiger partial charge on any atom is 0.332 e. The monoisotopic (exact) mass is 538 g/mol. The molecule has 0 spiro atoms. The number of carbonyl (C=O) groups excluding carboxylic acids is 3. The van der Waals surface area contributed by atoms with Gasteiger partial charge >= 0.3 is 6.03 Å². The van der Waals surface area contributed by atoms with Crippen LogP contribution in [0.3, 0.4) is 0 Å². The number of likely N-dealkylation sites (tertiary alicyclic amines) is 1. The topological polar surface area (TPSA) is 111 Å². The molecule has 39 heavy (non-hydrogen) atoms. The summed E-state index contributed by atoms with van der Waals surface area (Å²) in [5.74, 6) is 0.528. The number of piperidine rings is 1. The molecule has 1 aromatic carbocycles. The first kappa shape index (κ1) is 26.7. The molecule has 0 N–H and O–H groups in total. The summed E-state index contributed by atoms with van der Waals surface area (Å²) in [5.41, 5.74) is -0.0225. The predicted molar refractivity (Wildman–Crippen MR) is 141 cm³/mol. The molecule has 0 saturated carbocycles. The summed E-state index contributed by atoms with van der Waals surface area (Å²) in [5, 5.41) is 0. The first-order chi connectivity index (χ1) is 18.6. The van der Waals surface area contributed by atoms with E-state index in [1.54, 1.807) is 24.3 Å². The number of carbonyl (C=O) groups is 3. The number of barbiturate groups is 1. The standard InChI is InChI=1S/C28H34N4O7/c1-29-25(34)28(26(35)30(2)27(29)36,12-18-10-22(38-4)23(39-5)11-21(18)37-3)16-31-13-17-9-19(15-31)20-7-6-8-24(33)32(20)14-17/h6-8,10-11,17,19H,9,12-16H2,1-5H3/t17-,19-/m1/s1. The van der Waals surface area contributed by atoms with Crippen molar-refractivity contribution in [3.8, 4) is 17.2 Å². The number of aromatic nitrogens is 1. The number of hydrogen-bond donors (Lipinski definition) is 0. The molecule has 0 radical (unpaired) electrons. The molecule has 11 nitrogen and oxygen atoms in total. The highest BCUT2D eigenvalue weighted by molar-refractivity contribution is 6.19. The molecular weight excluding hydrogens is 504 g/mol. The number of amides is 4. The van der Waals surface area contributed by atoms with Gasteiger partial charge in [0.05, 0.1) is 21.3 Å². The molecule has 208 valence electrons. The molecule has 5 rings (SSSR count). The van der Waals surface area contributed by atoms with E-state index in [-0.39, 0.29) is 30.4 Å². The molecule has 4 heterocycles. The summed E-state index contributed by atoms with van der Waals surface area (Å²) in [4.78, 5) is 57.3. The number of fused-ring (bicyclic) bond motifs is 4. The molecule has 2 bridgehead atoms. The first-order valence-electron chi connectivity index (χ1n) is 12.9. The first-order valence-corrected chi connectivity index (χ1v) is 12.9. The third-order valence-corrected chi connectivity index (χ3v) is 8.33. The second-order valence-electron chi connectivity index (χ2n) is 10.7. The average molecular weight is 539 g/mol. The highest BCUT2D eigenvalue weighted by Gasteiger charge is 2.57. The fraction of sp³-hybridized carbons (Fsp3) is 0.500. The van der Waals surface area contributed by atoms with Crippen LogP contribution in [0.5, 0.6) is 17.2 Å². The van der Waals surface area contributed by atoms with Crippen LogP contribution < -0.4 is 19.8 Å². The van der Waals surface area contributed by atoms with Crippen molar-refractivity contribution in [2.45, 2.75) is 25.3 Å². The summed E-state index contributed by atoms with van der Waals surface area (Å²) < 4.78 is 18.4. The zero-order valence-corrected chi connectivity index (χ0v) is 22.9. The van der Waals surface area contributed by atoms with E-state index in [1.165, 1.54) is 35.4 Å². The number of rotatable bonds is 7. The number of hydrogen-bond acceptors (Lipinski definition) is 8. The second-order valence-corrected chi connectivity index (χ2v) is 10.7. The minimum Gasteiger partial charge on any atom is -0.496 e. The number of imide groups is 2.